The molecule has 5 rings (SSSR count). The Morgan fingerprint density at radius 1 is 0.939 bits per heavy atom. The van der Waals surface area contributed by atoms with E-state index in [9.17, 15) is 9.59 Å². The van der Waals surface area contributed by atoms with Crippen molar-refractivity contribution in [1.29, 1.82) is 0 Å². The first-order valence-corrected chi connectivity index (χ1v) is 10.9. The largest absolute Gasteiger partial charge is 0.494 e. The number of hydrogen-bond donors (Lipinski definition) is 0. The van der Waals surface area contributed by atoms with Crippen LogP contribution in [0, 0.1) is 0 Å². The van der Waals surface area contributed by atoms with Crippen LogP contribution in [0.4, 0.5) is 0 Å². The summed E-state index contributed by atoms with van der Waals surface area (Å²) in [6.07, 6.45) is 2.73. The van der Waals surface area contributed by atoms with Gasteiger partial charge in [0.05, 0.1) is 12.3 Å². The van der Waals surface area contributed by atoms with E-state index < -0.39 is 5.69 Å². The average molecular weight is 444 g/mol. The van der Waals surface area contributed by atoms with E-state index in [1.54, 1.807) is 11.4 Å². The van der Waals surface area contributed by atoms with Gasteiger partial charge in [0.25, 0.3) is 5.56 Å². The third-order valence-corrected chi connectivity index (χ3v) is 5.98. The highest BCUT2D eigenvalue weighted by Gasteiger charge is 2.20. The van der Waals surface area contributed by atoms with Crippen molar-refractivity contribution < 1.29 is 4.74 Å². The number of nitrogens with zero attached hydrogens (tertiary/aromatic N) is 5. The average Bonchev–Trinajstić information content (AvgIpc) is 3.38. The first-order chi connectivity index (χ1) is 16.0. The minimum atomic E-state index is -0.393. The highest BCUT2D eigenvalue weighted by atomic mass is 16.5. The Bertz CT molecular complexity index is 1570. The number of imidazole rings is 2. The van der Waals surface area contributed by atoms with Gasteiger partial charge in [-0.05, 0) is 43.2 Å². The fourth-order valence-corrected chi connectivity index (χ4v) is 4.24. The van der Waals surface area contributed by atoms with Gasteiger partial charge in [0.1, 0.15) is 5.75 Å². The van der Waals surface area contributed by atoms with Gasteiger partial charge in [-0.3, -0.25) is 18.3 Å². The maximum absolute atomic E-state index is 13.0. The SMILES string of the molecule is CCOc1ccc(-c2cn3c4c(=O)n(C)c(=O)n(C)c4nc3n2CCc2ccccc2)cc1. The summed E-state index contributed by atoms with van der Waals surface area (Å²) >= 11 is 0. The molecule has 0 radical (unpaired) electrons. The summed E-state index contributed by atoms with van der Waals surface area (Å²) in [4.78, 5) is 30.2. The molecule has 0 saturated carbocycles. The minimum absolute atomic E-state index is 0.362. The monoisotopic (exact) mass is 443 g/mol. The Morgan fingerprint density at radius 3 is 2.36 bits per heavy atom. The molecule has 0 aliphatic carbocycles. The summed E-state index contributed by atoms with van der Waals surface area (Å²) < 4.78 is 12.0. The highest BCUT2D eigenvalue weighted by Crippen LogP contribution is 2.27. The normalized spacial score (nSPS) is 11.5. The van der Waals surface area contributed by atoms with E-state index in [2.05, 4.69) is 16.7 Å². The predicted octanol–water partition coefficient (Wildman–Crippen LogP) is 2.99. The number of hydrogen-bond acceptors (Lipinski definition) is 4. The summed E-state index contributed by atoms with van der Waals surface area (Å²) in [6.45, 7) is 3.23. The van der Waals surface area contributed by atoms with Gasteiger partial charge >= 0.3 is 5.69 Å². The van der Waals surface area contributed by atoms with Crippen LogP contribution in [0.15, 0.2) is 70.4 Å². The van der Waals surface area contributed by atoms with Crippen LogP contribution in [0.3, 0.4) is 0 Å². The molecule has 5 aromatic rings. The lowest BCUT2D eigenvalue weighted by atomic mass is 10.1. The molecule has 0 aliphatic rings. The smallest absolute Gasteiger partial charge is 0.332 e. The van der Waals surface area contributed by atoms with E-state index in [-0.39, 0.29) is 5.56 Å². The zero-order valence-electron chi connectivity index (χ0n) is 18.9. The van der Waals surface area contributed by atoms with Crippen LogP contribution in [-0.2, 0) is 27.1 Å². The van der Waals surface area contributed by atoms with Gasteiger partial charge in [0.2, 0.25) is 5.78 Å². The van der Waals surface area contributed by atoms with Gasteiger partial charge in [-0.2, -0.15) is 4.98 Å². The molecule has 0 amide bonds. The van der Waals surface area contributed by atoms with Gasteiger partial charge in [0.15, 0.2) is 11.2 Å². The first kappa shape index (κ1) is 20.8. The molecule has 0 aliphatic heterocycles. The predicted molar refractivity (Wildman–Crippen MR) is 128 cm³/mol. The third-order valence-electron chi connectivity index (χ3n) is 5.98. The van der Waals surface area contributed by atoms with Crippen molar-refractivity contribution in [3.63, 3.8) is 0 Å². The molecule has 2 aromatic carbocycles. The van der Waals surface area contributed by atoms with Crippen molar-refractivity contribution in [3.8, 4) is 17.0 Å². The van der Waals surface area contributed by atoms with Crippen molar-refractivity contribution in [1.82, 2.24) is 23.1 Å². The Labute approximate surface area is 189 Å². The first-order valence-electron chi connectivity index (χ1n) is 10.9. The van der Waals surface area contributed by atoms with Crippen LogP contribution in [0.25, 0.3) is 28.2 Å². The van der Waals surface area contributed by atoms with Gasteiger partial charge in [0, 0.05) is 32.4 Å². The molecular formula is C25H25N5O3. The number of rotatable bonds is 6. The van der Waals surface area contributed by atoms with Crippen LogP contribution >= 0.6 is 0 Å². The summed E-state index contributed by atoms with van der Waals surface area (Å²) in [6, 6.07) is 18.1. The molecule has 0 unspecified atom stereocenters. The zero-order chi connectivity index (χ0) is 23.1. The zero-order valence-corrected chi connectivity index (χ0v) is 18.9. The van der Waals surface area contributed by atoms with E-state index in [0.29, 0.717) is 30.1 Å². The fourth-order valence-electron chi connectivity index (χ4n) is 4.24. The summed E-state index contributed by atoms with van der Waals surface area (Å²) in [5.74, 6) is 1.44. The van der Waals surface area contributed by atoms with Crippen LogP contribution in [-0.4, -0.2) is 29.7 Å². The van der Waals surface area contributed by atoms with Gasteiger partial charge < -0.3 is 9.30 Å². The Balaban J connectivity index is 1.72. The minimum Gasteiger partial charge on any atom is -0.494 e. The number of fused-ring (bicyclic) bond motifs is 3. The van der Waals surface area contributed by atoms with Crippen molar-refractivity contribution >= 4 is 16.9 Å². The summed E-state index contributed by atoms with van der Waals surface area (Å²) in [7, 11) is 3.13. The number of aryl methyl sites for hydroxylation is 3. The Hall–Kier alpha value is -4.07. The van der Waals surface area contributed by atoms with Crippen molar-refractivity contribution in [2.24, 2.45) is 14.1 Å². The second kappa shape index (κ2) is 8.12. The second-order valence-electron chi connectivity index (χ2n) is 8.02. The molecule has 8 nitrogen and oxygen atoms in total. The molecule has 0 N–H and O–H groups in total. The maximum Gasteiger partial charge on any atom is 0.332 e. The standard InChI is InChI=1S/C25H25N5O3/c1-4-33-19-12-10-18(11-13-19)20-16-30-21-22(27(2)25(32)28(3)23(21)31)26-24(30)29(20)15-14-17-8-6-5-7-9-17/h5-13,16H,4,14-15H2,1-3H3. The van der Waals surface area contributed by atoms with E-state index in [1.807, 2.05) is 55.6 Å². The molecule has 0 spiro atoms. The molecule has 168 valence electrons. The molecule has 3 aromatic heterocycles. The van der Waals surface area contributed by atoms with E-state index >= 15 is 0 Å². The van der Waals surface area contributed by atoms with E-state index in [0.717, 1.165) is 28.0 Å². The Kier molecular flexibility index (Phi) is 5.12. The number of aromatic nitrogens is 5. The van der Waals surface area contributed by atoms with Gasteiger partial charge in [-0.1, -0.05) is 30.3 Å². The molecule has 0 fully saturated rings. The third kappa shape index (κ3) is 3.44. The summed E-state index contributed by atoms with van der Waals surface area (Å²) in [5.41, 5.74) is 3.16. The van der Waals surface area contributed by atoms with Crippen LogP contribution in [0.1, 0.15) is 12.5 Å². The van der Waals surface area contributed by atoms with Crippen molar-refractivity contribution in [2.75, 3.05) is 6.61 Å². The van der Waals surface area contributed by atoms with Gasteiger partial charge in [-0.25, -0.2) is 4.79 Å². The Morgan fingerprint density at radius 2 is 1.67 bits per heavy atom. The van der Waals surface area contributed by atoms with Crippen molar-refractivity contribution in [3.05, 3.63) is 87.2 Å². The lowest BCUT2D eigenvalue weighted by Crippen LogP contribution is -2.37. The highest BCUT2D eigenvalue weighted by molar-refractivity contribution is 5.78. The fraction of sp³-hybridized carbons (Fsp3) is 0.240. The van der Waals surface area contributed by atoms with E-state index in [4.69, 9.17) is 9.72 Å². The second-order valence-corrected chi connectivity index (χ2v) is 8.02. The van der Waals surface area contributed by atoms with Crippen LogP contribution in [0.2, 0.25) is 0 Å². The number of ether oxygens (including phenoxy) is 1. The molecule has 0 saturated heterocycles. The topological polar surface area (TPSA) is 75.5 Å². The molecule has 0 atom stereocenters. The summed E-state index contributed by atoms with van der Waals surface area (Å²) in [5, 5.41) is 0. The molecule has 3 heterocycles. The van der Waals surface area contributed by atoms with Crippen LogP contribution in [0.5, 0.6) is 5.75 Å². The van der Waals surface area contributed by atoms with Crippen LogP contribution < -0.4 is 16.0 Å². The molecule has 0 bridgehead atoms. The van der Waals surface area contributed by atoms with Gasteiger partial charge in [-0.15, -0.1) is 0 Å². The molecule has 8 heteroatoms. The quantitative estimate of drug-likeness (QED) is 0.404. The molecule has 33 heavy (non-hydrogen) atoms. The molecular weight excluding hydrogens is 418 g/mol. The van der Waals surface area contributed by atoms with Crippen molar-refractivity contribution in [2.45, 2.75) is 19.9 Å². The maximum atomic E-state index is 13.0. The lowest BCUT2D eigenvalue weighted by Gasteiger charge is -2.10. The number of benzene rings is 2. The van der Waals surface area contributed by atoms with E-state index in [1.165, 1.54) is 17.2 Å². The lowest BCUT2D eigenvalue weighted by molar-refractivity contribution is 0.340.